The van der Waals surface area contributed by atoms with Crippen molar-refractivity contribution in [3.63, 3.8) is 0 Å². The van der Waals surface area contributed by atoms with Gasteiger partial charge in [-0.05, 0) is 42.7 Å². The van der Waals surface area contributed by atoms with Crippen LogP contribution in [0.1, 0.15) is 34.8 Å². The van der Waals surface area contributed by atoms with Crippen LogP contribution in [-0.4, -0.2) is 17.1 Å². The smallest absolute Gasteiger partial charge is 0.283 e. The predicted octanol–water partition coefficient (Wildman–Crippen LogP) is 4.20. The molecule has 0 aliphatic heterocycles. The number of nitrogens with one attached hydrogen (secondary N) is 1. The average Bonchev–Trinajstić information content (AvgIpc) is 3.44. The monoisotopic (exact) mass is 342 g/mol. The molecule has 0 heterocycles. The number of nitro benzene ring substituents is 1. The summed E-state index contributed by atoms with van der Waals surface area (Å²) in [5, 5.41) is 14.2. The summed E-state index contributed by atoms with van der Waals surface area (Å²) in [5.74, 6) is 0.170. The van der Waals surface area contributed by atoms with Crippen molar-refractivity contribution >= 4 is 23.4 Å². The van der Waals surface area contributed by atoms with Gasteiger partial charge in [-0.1, -0.05) is 30.3 Å². The highest BCUT2D eigenvalue weighted by molar-refractivity contribution is 7.98. The van der Waals surface area contributed by atoms with Gasteiger partial charge < -0.3 is 5.32 Å². The van der Waals surface area contributed by atoms with Gasteiger partial charge in [0, 0.05) is 11.6 Å². The van der Waals surface area contributed by atoms with Gasteiger partial charge in [0.15, 0.2) is 0 Å². The minimum absolute atomic E-state index is 0.0298. The Hall–Kier alpha value is -2.34. The van der Waals surface area contributed by atoms with Gasteiger partial charge >= 0.3 is 0 Å². The Bertz CT molecular complexity index is 760. The van der Waals surface area contributed by atoms with Gasteiger partial charge in [0.05, 0.1) is 15.9 Å². The SMILES string of the molecule is CSc1ccc(C(=O)N[C@@H](c2ccccc2)C2CC2)cc1[N+](=O)[O-]. The second-order valence-corrected chi connectivity index (χ2v) is 6.69. The predicted molar refractivity (Wildman–Crippen MR) is 94.3 cm³/mol. The zero-order valence-electron chi connectivity index (χ0n) is 13.3. The second kappa shape index (κ2) is 7.05. The van der Waals surface area contributed by atoms with E-state index in [4.69, 9.17) is 0 Å². The highest BCUT2D eigenvalue weighted by atomic mass is 32.2. The van der Waals surface area contributed by atoms with Gasteiger partial charge in [0.1, 0.15) is 0 Å². The molecule has 6 heteroatoms. The molecule has 3 rings (SSSR count). The van der Waals surface area contributed by atoms with Gasteiger partial charge in [0.2, 0.25) is 0 Å². The third-order valence-corrected chi connectivity index (χ3v) is 4.96. The topological polar surface area (TPSA) is 72.2 Å². The lowest BCUT2D eigenvalue weighted by atomic mass is 10.0. The number of rotatable bonds is 6. The van der Waals surface area contributed by atoms with Crippen LogP contribution in [0.2, 0.25) is 0 Å². The Kier molecular flexibility index (Phi) is 4.85. The fraction of sp³-hybridized carbons (Fsp3) is 0.278. The van der Waals surface area contributed by atoms with E-state index >= 15 is 0 Å². The van der Waals surface area contributed by atoms with Crippen molar-refractivity contribution in [3.05, 3.63) is 69.8 Å². The summed E-state index contributed by atoms with van der Waals surface area (Å²) in [5.41, 5.74) is 1.36. The maximum atomic E-state index is 12.6. The molecule has 1 aliphatic carbocycles. The highest BCUT2D eigenvalue weighted by Crippen LogP contribution is 2.41. The number of carbonyl (C=O) groups excluding carboxylic acids is 1. The lowest BCUT2D eigenvalue weighted by molar-refractivity contribution is -0.387. The molecule has 1 amide bonds. The zero-order chi connectivity index (χ0) is 17.1. The molecular weight excluding hydrogens is 324 g/mol. The Labute approximate surface area is 144 Å². The summed E-state index contributed by atoms with van der Waals surface area (Å²) < 4.78 is 0. The Morgan fingerprint density at radius 2 is 1.96 bits per heavy atom. The van der Waals surface area contributed by atoms with Crippen molar-refractivity contribution in [1.82, 2.24) is 5.32 Å². The molecule has 2 aromatic carbocycles. The number of hydrogen-bond acceptors (Lipinski definition) is 4. The van der Waals surface area contributed by atoms with Crippen molar-refractivity contribution in [2.24, 2.45) is 5.92 Å². The van der Waals surface area contributed by atoms with Gasteiger partial charge in [-0.15, -0.1) is 11.8 Å². The number of hydrogen-bond donors (Lipinski definition) is 1. The molecule has 0 radical (unpaired) electrons. The Morgan fingerprint density at radius 3 is 2.54 bits per heavy atom. The fourth-order valence-electron chi connectivity index (χ4n) is 2.76. The molecule has 1 atom stereocenters. The fourth-order valence-corrected chi connectivity index (χ4v) is 3.31. The highest BCUT2D eigenvalue weighted by Gasteiger charge is 2.33. The molecule has 0 saturated heterocycles. The van der Waals surface area contributed by atoms with Crippen molar-refractivity contribution in [3.8, 4) is 0 Å². The summed E-state index contributed by atoms with van der Waals surface area (Å²) in [7, 11) is 0. The molecule has 124 valence electrons. The number of nitro groups is 1. The molecule has 1 N–H and O–H groups in total. The molecule has 0 bridgehead atoms. The van der Waals surface area contributed by atoms with Crippen LogP contribution in [0, 0.1) is 16.0 Å². The van der Waals surface area contributed by atoms with Crippen molar-refractivity contribution < 1.29 is 9.72 Å². The standard InChI is InChI=1S/C18H18N2O3S/c1-24-16-10-9-14(11-15(16)20(22)23)18(21)19-17(13-7-8-13)12-5-3-2-4-6-12/h2-6,9-11,13,17H,7-8H2,1H3,(H,19,21)/t17-/m0/s1. The van der Waals surface area contributed by atoms with Crippen LogP contribution in [0.5, 0.6) is 0 Å². The molecule has 1 saturated carbocycles. The van der Waals surface area contributed by atoms with E-state index in [9.17, 15) is 14.9 Å². The van der Waals surface area contributed by atoms with E-state index in [1.54, 1.807) is 18.4 Å². The molecule has 0 aromatic heterocycles. The molecule has 24 heavy (non-hydrogen) atoms. The number of benzene rings is 2. The van der Waals surface area contributed by atoms with Crippen LogP contribution >= 0.6 is 11.8 Å². The first kappa shape index (κ1) is 16.5. The molecule has 1 fully saturated rings. The normalized spacial score (nSPS) is 14.9. The number of nitrogens with zero attached hydrogens (tertiary/aromatic N) is 1. The largest absolute Gasteiger partial charge is 0.345 e. The summed E-state index contributed by atoms with van der Waals surface area (Å²) >= 11 is 1.30. The van der Waals surface area contributed by atoms with E-state index in [2.05, 4.69) is 5.32 Å². The third-order valence-electron chi connectivity index (χ3n) is 4.18. The van der Waals surface area contributed by atoms with Crippen molar-refractivity contribution in [2.75, 3.05) is 6.26 Å². The molecule has 2 aromatic rings. The molecular formula is C18H18N2O3S. The van der Waals surface area contributed by atoms with Crippen LogP contribution in [0.4, 0.5) is 5.69 Å². The summed E-state index contributed by atoms with van der Waals surface area (Å²) in [6.07, 6.45) is 3.96. The Morgan fingerprint density at radius 1 is 1.25 bits per heavy atom. The van der Waals surface area contributed by atoms with E-state index in [0.29, 0.717) is 16.4 Å². The summed E-state index contributed by atoms with van der Waals surface area (Å²) in [6.45, 7) is 0. The maximum absolute atomic E-state index is 12.6. The van der Waals surface area contributed by atoms with Crippen LogP contribution in [0.15, 0.2) is 53.4 Å². The maximum Gasteiger partial charge on any atom is 0.283 e. The first-order valence-electron chi connectivity index (χ1n) is 7.78. The van der Waals surface area contributed by atoms with E-state index < -0.39 is 4.92 Å². The number of thioether (sulfide) groups is 1. The molecule has 0 spiro atoms. The van der Waals surface area contributed by atoms with Gasteiger partial charge in [0.25, 0.3) is 11.6 Å². The first-order chi connectivity index (χ1) is 11.6. The van der Waals surface area contributed by atoms with Crippen LogP contribution in [0.3, 0.4) is 0 Å². The molecule has 0 unspecified atom stereocenters. The van der Waals surface area contributed by atoms with Gasteiger partial charge in [-0.25, -0.2) is 0 Å². The lowest BCUT2D eigenvalue weighted by Crippen LogP contribution is -2.29. The van der Waals surface area contributed by atoms with Gasteiger partial charge in [-0.3, -0.25) is 14.9 Å². The van der Waals surface area contributed by atoms with Crippen molar-refractivity contribution in [2.45, 2.75) is 23.8 Å². The van der Waals surface area contributed by atoms with E-state index in [1.165, 1.54) is 17.8 Å². The average molecular weight is 342 g/mol. The van der Waals surface area contributed by atoms with Crippen LogP contribution in [0.25, 0.3) is 0 Å². The third kappa shape index (κ3) is 3.59. The summed E-state index contributed by atoms with van der Waals surface area (Å²) in [4.78, 5) is 23.9. The summed E-state index contributed by atoms with van der Waals surface area (Å²) in [6, 6.07) is 14.4. The van der Waals surface area contributed by atoms with Crippen LogP contribution < -0.4 is 5.32 Å². The minimum Gasteiger partial charge on any atom is -0.345 e. The van der Waals surface area contributed by atoms with E-state index in [1.807, 2.05) is 30.3 Å². The quantitative estimate of drug-likeness (QED) is 0.485. The molecule has 1 aliphatic rings. The van der Waals surface area contributed by atoms with E-state index in [-0.39, 0.29) is 17.6 Å². The lowest BCUT2D eigenvalue weighted by Gasteiger charge is -2.19. The second-order valence-electron chi connectivity index (χ2n) is 5.84. The van der Waals surface area contributed by atoms with Crippen molar-refractivity contribution in [1.29, 1.82) is 0 Å². The minimum atomic E-state index is -0.446. The Balaban J connectivity index is 1.83. The number of amides is 1. The van der Waals surface area contributed by atoms with Gasteiger partial charge in [-0.2, -0.15) is 0 Å². The zero-order valence-corrected chi connectivity index (χ0v) is 14.1. The van der Waals surface area contributed by atoms with E-state index in [0.717, 1.165) is 18.4 Å². The number of carbonyl (C=O) groups is 1. The molecule has 5 nitrogen and oxygen atoms in total. The van der Waals surface area contributed by atoms with Crippen LogP contribution in [-0.2, 0) is 0 Å². The first-order valence-corrected chi connectivity index (χ1v) is 9.01.